The van der Waals surface area contributed by atoms with Crippen LogP contribution in [0.25, 0.3) is 0 Å². The van der Waals surface area contributed by atoms with Crippen molar-refractivity contribution in [2.75, 3.05) is 42.4 Å². The van der Waals surface area contributed by atoms with E-state index in [0.29, 0.717) is 18.2 Å². The molecule has 1 fully saturated rings. The first kappa shape index (κ1) is 15.0. The van der Waals surface area contributed by atoms with E-state index < -0.39 is 9.84 Å². The van der Waals surface area contributed by atoms with Crippen molar-refractivity contribution < 1.29 is 8.42 Å². The van der Waals surface area contributed by atoms with Crippen LogP contribution in [0.3, 0.4) is 0 Å². The highest BCUT2D eigenvalue weighted by atomic mass is 32.2. The van der Waals surface area contributed by atoms with Crippen LogP contribution in [0, 0.1) is 19.8 Å². The smallest absolute Gasteiger partial charge is 0.227 e. The van der Waals surface area contributed by atoms with Gasteiger partial charge in [0.05, 0.1) is 11.5 Å². The van der Waals surface area contributed by atoms with Crippen LogP contribution < -0.4 is 10.2 Å². The fourth-order valence-electron chi connectivity index (χ4n) is 2.26. The highest BCUT2D eigenvalue weighted by Crippen LogP contribution is 2.22. The summed E-state index contributed by atoms with van der Waals surface area (Å²) in [6, 6.07) is 0. The molecule has 6 nitrogen and oxygen atoms in total. The molecular formula is C13H22N4O2S. The molecule has 1 atom stereocenters. The topological polar surface area (TPSA) is 75.2 Å². The molecule has 0 unspecified atom stereocenters. The highest BCUT2D eigenvalue weighted by molar-refractivity contribution is 7.91. The van der Waals surface area contributed by atoms with Gasteiger partial charge in [0.15, 0.2) is 9.84 Å². The average molecular weight is 298 g/mol. The van der Waals surface area contributed by atoms with E-state index in [-0.39, 0.29) is 11.7 Å². The Morgan fingerprint density at radius 2 is 2.00 bits per heavy atom. The maximum atomic E-state index is 11.5. The molecule has 0 spiro atoms. The predicted octanol–water partition coefficient (Wildman–Crippen LogP) is 1.01. The van der Waals surface area contributed by atoms with Crippen LogP contribution in [0.1, 0.15) is 17.7 Å². The van der Waals surface area contributed by atoms with E-state index in [2.05, 4.69) is 15.3 Å². The van der Waals surface area contributed by atoms with Gasteiger partial charge >= 0.3 is 0 Å². The second-order valence-corrected chi connectivity index (χ2v) is 7.86. The molecule has 1 aromatic heterocycles. The normalized spacial score (nSPS) is 20.9. The van der Waals surface area contributed by atoms with Gasteiger partial charge in [-0.2, -0.15) is 4.98 Å². The van der Waals surface area contributed by atoms with E-state index in [0.717, 1.165) is 23.5 Å². The molecule has 0 amide bonds. The lowest BCUT2D eigenvalue weighted by atomic mass is 10.1. The number of hydrogen-bond donors (Lipinski definition) is 1. The Bertz CT molecular complexity index is 599. The molecule has 1 N–H and O–H groups in total. The second-order valence-electron chi connectivity index (χ2n) is 5.63. The molecule has 2 rings (SSSR count). The first-order valence-electron chi connectivity index (χ1n) is 6.75. The number of aryl methyl sites for hydroxylation is 1. The number of anilines is 2. The Labute approximate surface area is 120 Å². The third kappa shape index (κ3) is 3.39. The van der Waals surface area contributed by atoms with Gasteiger partial charge in [0.1, 0.15) is 5.82 Å². The van der Waals surface area contributed by atoms with Crippen LogP contribution in [0.5, 0.6) is 0 Å². The first-order valence-corrected chi connectivity index (χ1v) is 8.57. The number of sulfone groups is 1. The van der Waals surface area contributed by atoms with Crippen LogP contribution in [-0.4, -0.2) is 50.5 Å². The largest absolute Gasteiger partial charge is 0.369 e. The van der Waals surface area contributed by atoms with Crippen LogP contribution >= 0.6 is 0 Å². The molecule has 0 saturated carbocycles. The number of nitrogens with one attached hydrogen (secondary N) is 1. The minimum atomic E-state index is -2.82. The van der Waals surface area contributed by atoms with E-state index in [1.807, 2.05) is 32.8 Å². The Balaban J connectivity index is 2.09. The third-order valence-corrected chi connectivity index (χ3v) is 5.50. The molecule has 1 aromatic rings. The summed E-state index contributed by atoms with van der Waals surface area (Å²) in [6.07, 6.45) is 0.735. The Hall–Kier alpha value is -1.37. The molecule has 2 heterocycles. The standard InChI is InChI=1S/C13H22N4O2S/c1-9-10(2)15-13(17(3)4)16-12(9)14-7-11-5-6-20(18,19)8-11/h11H,5-8H2,1-4H3,(H,14,15,16)/t11-/m1/s1. The summed E-state index contributed by atoms with van der Waals surface area (Å²) in [5.41, 5.74) is 1.95. The summed E-state index contributed by atoms with van der Waals surface area (Å²) in [7, 11) is 0.980. The van der Waals surface area contributed by atoms with Gasteiger partial charge in [0, 0.05) is 31.9 Å². The summed E-state index contributed by atoms with van der Waals surface area (Å²) in [6.45, 7) is 4.57. The third-order valence-electron chi connectivity index (χ3n) is 3.66. The van der Waals surface area contributed by atoms with Gasteiger partial charge in [-0.3, -0.25) is 0 Å². The number of rotatable bonds is 4. The maximum Gasteiger partial charge on any atom is 0.227 e. The van der Waals surface area contributed by atoms with Gasteiger partial charge in [-0.15, -0.1) is 0 Å². The summed E-state index contributed by atoms with van der Waals surface area (Å²) < 4.78 is 22.9. The summed E-state index contributed by atoms with van der Waals surface area (Å²) in [5.74, 6) is 2.23. The number of aromatic nitrogens is 2. The minimum Gasteiger partial charge on any atom is -0.369 e. The van der Waals surface area contributed by atoms with Gasteiger partial charge in [-0.1, -0.05) is 0 Å². The first-order chi connectivity index (χ1) is 9.28. The molecule has 0 aromatic carbocycles. The SMILES string of the molecule is Cc1nc(N(C)C)nc(NC[C@H]2CCS(=O)(=O)C2)c1C. The predicted molar refractivity (Wildman–Crippen MR) is 81.1 cm³/mol. The van der Waals surface area contributed by atoms with Crippen molar-refractivity contribution in [3.05, 3.63) is 11.3 Å². The fraction of sp³-hybridized carbons (Fsp3) is 0.692. The van der Waals surface area contributed by atoms with Crippen LogP contribution in [0.4, 0.5) is 11.8 Å². The van der Waals surface area contributed by atoms with E-state index >= 15 is 0 Å². The lowest BCUT2D eigenvalue weighted by molar-refractivity contribution is 0.595. The van der Waals surface area contributed by atoms with E-state index in [1.165, 1.54) is 0 Å². The van der Waals surface area contributed by atoms with Gasteiger partial charge in [-0.05, 0) is 26.2 Å². The van der Waals surface area contributed by atoms with E-state index in [4.69, 9.17) is 0 Å². The van der Waals surface area contributed by atoms with Crippen molar-refractivity contribution in [3.8, 4) is 0 Å². The van der Waals surface area contributed by atoms with Crippen LogP contribution in [0.2, 0.25) is 0 Å². The van der Waals surface area contributed by atoms with Gasteiger partial charge in [-0.25, -0.2) is 13.4 Å². The molecule has 1 aliphatic rings. The van der Waals surface area contributed by atoms with Crippen molar-refractivity contribution in [2.45, 2.75) is 20.3 Å². The lowest BCUT2D eigenvalue weighted by Gasteiger charge is -2.17. The monoisotopic (exact) mass is 298 g/mol. The van der Waals surface area contributed by atoms with Crippen molar-refractivity contribution in [1.29, 1.82) is 0 Å². The maximum absolute atomic E-state index is 11.5. The zero-order chi connectivity index (χ0) is 14.9. The summed E-state index contributed by atoms with van der Waals surface area (Å²) in [4.78, 5) is 10.8. The van der Waals surface area contributed by atoms with Gasteiger partial charge in [0.2, 0.25) is 5.95 Å². The minimum absolute atomic E-state index is 0.178. The molecule has 0 radical (unpaired) electrons. The van der Waals surface area contributed by atoms with Crippen molar-refractivity contribution in [1.82, 2.24) is 9.97 Å². The van der Waals surface area contributed by atoms with Crippen LogP contribution in [-0.2, 0) is 9.84 Å². The summed E-state index contributed by atoms with van der Waals surface area (Å²) in [5, 5.41) is 3.29. The Morgan fingerprint density at radius 3 is 2.55 bits per heavy atom. The summed E-state index contributed by atoms with van der Waals surface area (Å²) >= 11 is 0. The average Bonchev–Trinajstić information content (AvgIpc) is 2.70. The van der Waals surface area contributed by atoms with Crippen molar-refractivity contribution in [2.24, 2.45) is 5.92 Å². The second kappa shape index (κ2) is 5.55. The van der Waals surface area contributed by atoms with Crippen LogP contribution in [0.15, 0.2) is 0 Å². The molecule has 1 saturated heterocycles. The quantitative estimate of drug-likeness (QED) is 0.894. The molecule has 7 heteroatoms. The molecule has 20 heavy (non-hydrogen) atoms. The van der Waals surface area contributed by atoms with E-state index in [9.17, 15) is 8.42 Å². The Morgan fingerprint density at radius 1 is 1.30 bits per heavy atom. The zero-order valence-corrected chi connectivity index (χ0v) is 13.3. The molecule has 0 bridgehead atoms. The van der Waals surface area contributed by atoms with E-state index in [1.54, 1.807) is 0 Å². The van der Waals surface area contributed by atoms with Crippen molar-refractivity contribution in [3.63, 3.8) is 0 Å². The molecular weight excluding hydrogens is 276 g/mol. The molecule has 112 valence electrons. The number of nitrogens with zero attached hydrogens (tertiary/aromatic N) is 3. The van der Waals surface area contributed by atoms with Crippen molar-refractivity contribution >= 4 is 21.6 Å². The fourth-order valence-corrected chi connectivity index (χ4v) is 4.12. The zero-order valence-electron chi connectivity index (χ0n) is 12.5. The lowest BCUT2D eigenvalue weighted by Crippen LogP contribution is -2.19. The Kier molecular flexibility index (Phi) is 4.17. The van der Waals surface area contributed by atoms with Gasteiger partial charge < -0.3 is 10.2 Å². The number of hydrogen-bond acceptors (Lipinski definition) is 6. The van der Waals surface area contributed by atoms with Gasteiger partial charge in [0.25, 0.3) is 0 Å². The molecule has 1 aliphatic heterocycles. The molecule has 0 aliphatic carbocycles. The highest BCUT2D eigenvalue weighted by Gasteiger charge is 2.27.